The SMILES string of the molecule is CC(OCCOc1ccccc1)C(=O)Nc1cccc(N)c1. The number of amides is 1. The second-order valence-corrected chi connectivity index (χ2v) is 4.79. The lowest BCUT2D eigenvalue weighted by Gasteiger charge is -2.14. The van der Waals surface area contributed by atoms with Crippen LogP contribution in [0.15, 0.2) is 54.6 Å². The molecule has 2 aromatic rings. The van der Waals surface area contributed by atoms with E-state index in [9.17, 15) is 4.79 Å². The normalized spacial score (nSPS) is 11.7. The molecule has 5 heteroatoms. The van der Waals surface area contributed by atoms with Gasteiger partial charge in [0, 0.05) is 11.4 Å². The lowest BCUT2D eigenvalue weighted by molar-refractivity contribution is -0.126. The van der Waals surface area contributed by atoms with Crippen LogP contribution in [0.5, 0.6) is 5.75 Å². The fraction of sp³-hybridized carbons (Fsp3) is 0.235. The Morgan fingerprint density at radius 2 is 1.91 bits per heavy atom. The van der Waals surface area contributed by atoms with Crippen molar-refractivity contribution in [2.45, 2.75) is 13.0 Å². The molecule has 0 heterocycles. The van der Waals surface area contributed by atoms with E-state index in [0.29, 0.717) is 24.6 Å². The van der Waals surface area contributed by atoms with Crippen LogP contribution in [0.4, 0.5) is 11.4 Å². The van der Waals surface area contributed by atoms with Crippen LogP contribution in [-0.4, -0.2) is 25.2 Å². The van der Waals surface area contributed by atoms with Gasteiger partial charge in [0.1, 0.15) is 18.5 Å². The lowest BCUT2D eigenvalue weighted by Crippen LogP contribution is -2.29. The van der Waals surface area contributed by atoms with Crippen molar-refractivity contribution < 1.29 is 14.3 Å². The van der Waals surface area contributed by atoms with E-state index in [-0.39, 0.29) is 5.91 Å². The summed E-state index contributed by atoms with van der Waals surface area (Å²) in [6.45, 7) is 2.42. The average Bonchev–Trinajstić information content (AvgIpc) is 2.52. The highest BCUT2D eigenvalue weighted by Crippen LogP contribution is 2.12. The molecule has 1 atom stereocenters. The van der Waals surface area contributed by atoms with Crippen molar-refractivity contribution in [1.29, 1.82) is 0 Å². The zero-order valence-corrected chi connectivity index (χ0v) is 12.5. The van der Waals surface area contributed by atoms with Gasteiger partial charge in [0.05, 0.1) is 6.61 Å². The van der Waals surface area contributed by atoms with E-state index < -0.39 is 6.10 Å². The minimum atomic E-state index is -0.569. The van der Waals surface area contributed by atoms with Gasteiger partial charge in [-0.15, -0.1) is 0 Å². The molecule has 5 nitrogen and oxygen atoms in total. The first-order chi connectivity index (χ1) is 10.6. The summed E-state index contributed by atoms with van der Waals surface area (Å²) in [4.78, 5) is 12.0. The molecule has 0 saturated carbocycles. The molecule has 116 valence electrons. The maximum Gasteiger partial charge on any atom is 0.253 e. The maximum atomic E-state index is 12.0. The van der Waals surface area contributed by atoms with Crippen molar-refractivity contribution in [3.63, 3.8) is 0 Å². The maximum absolute atomic E-state index is 12.0. The Labute approximate surface area is 130 Å². The molecule has 2 aromatic carbocycles. The Morgan fingerprint density at radius 3 is 2.64 bits per heavy atom. The number of anilines is 2. The van der Waals surface area contributed by atoms with Gasteiger partial charge in [0.15, 0.2) is 0 Å². The van der Waals surface area contributed by atoms with E-state index >= 15 is 0 Å². The van der Waals surface area contributed by atoms with E-state index in [1.807, 2.05) is 30.3 Å². The summed E-state index contributed by atoms with van der Waals surface area (Å²) in [6, 6.07) is 16.5. The molecule has 0 aliphatic heterocycles. The minimum absolute atomic E-state index is 0.217. The Kier molecular flexibility index (Phi) is 5.80. The minimum Gasteiger partial charge on any atom is -0.491 e. The van der Waals surface area contributed by atoms with Crippen LogP contribution in [0, 0.1) is 0 Å². The number of hydrogen-bond acceptors (Lipinski definition) is 4. The van der Waals surface area contributed by atoms with E-state index in [4.69, 9.17) is 15.2 Å². The lowest BCUT2D eigenvalue weighted by atomic mass is 10.2. The van der Waals surface area contributed by atoms with Gasteiger partial charge in [-0.05, 0) is 37.3 Å². The van der Waals surface area contributed by atoms with Crippen molar-refractivity contribution in [2.75, 3.05) is 24.3 Å². The van der Waals surface area contributed by atoms with Gasteiger partial charge in [-0.3, -0.25) is 4.79 Å². The first-order valence-electron chi connectivity index (χ1n) is 7.11. The Morgan fingerprint density at radius 1 is 1.14 bits per heavy atom. The van der Waals surface area contributed by atoms with Gasteiger partial charge < -0.3 is 20.5 Å². The third-order valence-corrected chi connectivity index (χ3v) is 2.99. The van der Waals surface area contributed by atoms with Crippen LogP contribution in [0.1, 0.15) is 6.92 Å². The van der Waals surface area contributed by atoms with Crippen molar-refractivity contribution >= 4 is 17.3 Å². The topological polar surface area (TPSA) is 73.6 Å². The third kappa shape index (κ3) is 5.10. The van der Waals surface area contributed by atoms with Crippen LogP contribution < -0.4 is 15.8 Å². The molecule has 0 aromatic heterocycles. The summed E-state index contributed by atoms with van der Waals surface area (Å²) in [5.74, 6) is 0.563. The van der Waals surface area contributed by atoms with Gasteiger partial charge in [-0.25, -0.2) is 0 Å². The molecule has 22 heavy (non-hydrogen) atoms. The van der Waals surface area contributed by atoms with Gasteiger partial charge in [-0.1, -0.05) is 24.3 Å². The van der Waals surface area contributed by atoms with Gasteiger partial charge >= 0.3 is 0 Å². The van der Waals surface area contributed by atoms with E-state index in [1.54, 1.807) is 31.2 Å². The van der Waals surface area contributed by atoms with E-state index in [1.165, 1.54) is 0 Å². The summed E-state index contributed by atoms with van der Waals surface area (Å²) in [7, 11) is 0. The van der Waals surface area contributed by atoms with E-state index in [2.05, 4.69) is 5.32 Å². The van der Waals surface area contributed by atoms with Crippen molar-refractivity contribution in [2.24, 2.45) is 0 Å². The first-order valence-corrected chi connectivity index (χ1v) is 7.11. The predicted molar refractivity (Wildman–Crippen MR) is 86.8 cm³/mol. The average molecular weight is 300 g/mol. The third-order valence-electron chi connectivity index (χ3n) is 2.99. The molecular formula is C17H20N2O3. The number of benzene rings is 2. The molecule has 0 aliphatic rings. The smallest absolute Gasteiger partial charge is 0.253 e. The Bertz CT molecular complexity index is 602. The van der Waals surface area contributed by atoms with Crippen molar-refractivity contribution in [3.05, 3.63) is 54.6 Å². The number of carbonyl (C=O) groups is 1. The number of nitrogens with two attached hydrogens (primary N) is 1. The highest BCUT2D eigenvalue weighted by molar-refractivity contribution is 5.94. The van der Waals surface area contributed by atoms with Gasteiger partial charge in [0.2, 0.25) is 0 Å². The summed E-state index contributed by atoms with van der Waals surface area (Å²) in [5.41, 5.74) is 6.92. The van der Waals surface area contributed by atoms with Gasteiger partial charge in [0.25, 0.3) is 5.91 Å². The Balaban J connectivity index is 1.70. The number of nitrogen functional groups attached to an aromatic ring is 1. The number of para-hydroxylation sites is 1. The summed E-state index contributed by atoms with van der Waals surface area (Å²) < 4.78 is 11.0. The number of carbonyl (C=O) groups excluding carboxylic acids is 1. The number of nitrogens with one attached hydrogen (secondary N) is 1. The molecule has 2 rings (SSSR count). The van der Waals surface area contributed by atoms with Gasteiger partial charge in [-0.2, -0.15) is 0 Å². The van der Waals surface area contributed by atoms with Crippen LogP contribution in [-0.2, 0) is 9.53 Å². The molecule has 0 bridgehead atoms. The van der Waals surface area contributed by atoms with Crippen molar-refractivity contribution in [1.82, 2.24) is 0 Å². The highest BCUT2D eigenvalue weighted by atomic mass is 16.5. The standard InChI is InChI=1S/C17H20N2O3/c1-13(17(20)19-15-7-5-6-14(18)12-15)21-10-11-22-16-8-3-2-4-9-16/h2-9,12-13H,10-11,18H2,1H3,(H,19,20). The molecule has 3 N–H and O–H groups in total. The fourth-order valence-electron chi connectivity index (χ4n) is 1.84. The van der Waals surface area contributed by atoms with Crippen LogP contribution in [0.3, 0.4) is 0 Å². The van der Waals surface area contributed by atoms with E-state index in [0.717, 1.165) is 5.75 Å². The number of hydrogen-bond donors (Lipinski definition) is 2. The molecule has 0 spiro atoms. The Hall–Kier alpha value is -2.53. The zero-order chi connectivity index (χ0) is 15.8. The van der Waals surface area contributed by atoms with Crippen LogP contribution in [0.2, 0.25) is 0 Å². The quantitative estimate of drug-likeness (QED) is 0.609. The molecule has 0 fully saturated rings. The first kappa shape index (κ1) is 15.9. The largest absolute Gasteiger partial charge is 0.491 e. The summed E-state index contributed by atoms with van der Waals surface area (Å²) in [5, 5.41) is 2.76. The second kappa shape index (κ2) is 8.05. The van der Waals surface area contributed by atoms with Crippen molar-refractivity contribution in [3.8, 4) is 5.75 Å². The highest BCUT2D eigenvalue weighted by Gasteiger charge is 2.13. The monoisotopic (exact) mass is 300 g/mol. The van der Waals surface area contributed by atoms with Crippen LogP contribution in [0.25, 0.3) is 0 Å². The molecule has 0 saturated heterocycles. The number of rotatable bonds is 7. The number of ether oxygens (including phenoxy) is 2. The fourth-order valence-corrected chi connectivity index (χ4v) is 1.84. The summed E-state index contributed by atoms with van der Waals surface area (Å²) >= 11 is 0. The molecule has 1 unspecified atom stereocenters. The molecule has 0 radical (unpaired) electrons. The second-order valence-electron chi connectivity index (χ2n) is 4.79. The van der Waals surface area contributed by atoms with Crippen LogP contribution >= 0.6 is 0 Å². The zero-order valence-electron chi connectivity index (χ0n) is 12.5. The molecular weight excluding hydrogens is 280 g/mol. The summed E-state index contributed by atoms with van der Waals surface area (Å²) in [6.07, 6.45) is -0.569. The molecule has 1 amide bonds. The molecule has 0 aliphatic carbocycles. The predicted octanol–water partition coefficient (Wildman–Crippen LogP) is 2.69.